The molecule has 0 bridgehead atoms. The van der Waals surface area contributed by atoms with Crippen molar-refractivity contribution in [2.45, 2.75) is 27.3 Å². The Morgan fingerprint density at radius 2 is 1.61 bits per heavy atom. The molecule has 0 unspecified atom stereocenters. The number of anilines is 4. The molecule has 4 aromatic carbocycles. The van der Waals surface area contributed by atoms with Crippen LogP contribution in [0.15, 0.2) is 97.2 Å². The number of aromatic nitrogens is 3. The van der Waals surface area contributed by atoms with Gasteiger partial charge in [-0.05, 0) is 94.5 Å². The Morgan fingerprint density at radius 1 is 0.870 bits per heavy atom. The molecule has 0 saturated heterocycles. The summed E-state index contributed by atoms with van der Waals surface area (Å²) in [5.74, 6) is 2.02. The Labute approximate surface area is 269 Å². The van der Waals surface area contributed by atoms with Crippen LogP contribution in [-0.2, 0) is 6.54 Å². The summed E-state index contributed by atoms with van der Waals surface area (Å²) in [6.07, 6.45) is 1.06. The van der Waals surface area contributed by atoms with Crippen molar-refractivity contribution < 1.29 is 14.3 Å². The SMILES string of the molecule is CCn1c2ccccc2c2cc(N(C(=O)Oc3c(C)cccc3C)c3ccnc(Nc4ccc(OCCN(C)C)cc4)n3)ccc21. The normalized spacial score (nSPS) is 11.3. The molecule has 1 amide bonds. The van der Waals surface area contributed by atoms with E-state index in [1.54, 1.807) is 12.3 Å². The van der Waals surface area contributed by atoms with Gasteiger partial charge in [-0.3, -0.25) is 0 Å². The van der Waals surface area contributed by atoms with Crippen molar-refractivity contribution in [3.05, 3.63) is 108 Å². The third kappa shape index (κ3) is 6.36. The molecule has 9 heteroatoms. The fourth-order valence-corrected chi connectivity index (χ4v) is 5.59. The minimum absolute atomic E-state index is 0.340. The van der Waals surface area contributed by atoms with Crippen LogP contribution in [0.5, 0.6) is 11.5 Å². The van der Waals surface area contributed by atoms with E-state index < -0.39 is 6.09 Å². The van der Waals surface area contributed by atoms with Crippen molar-refractivity contribution in [1.82, 2.24) is 19.4 Å². The first kappa shape index (κ1) is 30.6. The summed E-state index contributed by atoms with van der Waals surface area (Å²) in [6.45, 7) is 8.25. The smallest absolute Gasteiger partial charge is 0.425 e. The van der Waals surface area contributed by atoms with Gasteiger partial charge in [-0.2, -0.15) is 4.98 Å². The van der Waals surface area contributed by atoms with Gasteiger partial charge in [0.2, 0.25) is 5.95 Å². The zero-order chi connectivity index (χ0) is 32.2. The van der Waals surface area contributed by atoms with Crippen LogP contribution in [0.25, 0.3) is 21.8 Å². The number of benzene rings is 4. The van der Waals surface area contributed by atoms with Gasteiger partial charge in [0, 0.05) is 52.8 Å². The molecule has 6 rings (SSSR count). The number of para-hydroxylation sites is 2. The van der Waals surface area contributed by atoms with Gasteiger partial charge in [0.05, 0.1) is 5.69 Å². The highest BCUT2D eigenvalue weighted by molar-refractivity contribution is 6.10. The topological polar surface area (TPSA) is 84.8 Å². The molecule has 0 spiro atoms. The van der Waals surface area contributed by atoms with Crippen molar-refractivity contribution in [1.29, 1.82) is 0 Å². The number of fused-ring (bicyclic) bond motifs is 3. The Bertz CT molecular complexity index is 1980. The van der Waals surface area contributed by atoms with Crippen molar-refractivity contribution in [3.8, 4) is 11.5 Å². The van der Waals surface area contributed by atoms with E-state index in [1.165, 1.54) is 4.90 Å². The van der Waals surface area contributed by atoms with Gasteiger partial charge in [-0.25, -0.2) is 14.7 Å². The minimum Gasteiger partial charge on any atom is -0.492 e. The summed E-state index contributed by atoms with van der Waals surface area (Å²) in [4.78, 5) is 26.9. The largest absolute Gasteiger partial charge is 0.492 e. The molecular weight excluding hydrogens is 576 g/mol. The molecule has 6 aromatic rings. The maximum absolute atomic E-state index is 14.1. The lowest BCUT2D eigenvalue weighted by atomic mass is 10.1. The van der Waals surface area contributed by atoms with E-state index in [-0.39, 0.29) is 0 Å². The van der Waals surface area contributed by atoms with Gasteiger partial charge in [0.25, 0.3) is 0 Å². The first-order valence-corrected chi connectivity index (χ1v) is 15.4. The van der Waals surface area contributed by atoms with Crippen molar-refractivity contribution in [2.24, 2.45) is 0 Å². The van der Waals surface area contributed by atoms with E-state index in [2.05, 4.69) is 44.9 Å². The predicted octanol–water partition coefficient (Wildman–Crippen LogP) is 8.24. The number of hydrogen-bond donors (Lipinski definition) is 1. The second-order valence-electron chi connectivity index (χ2n) is 11.4. The Kier molecular flexibility index (Phi) is 8.85. The molecule has 2 aromatic heterocycles. The number of amides is 1. The van der Waals surface area contributed by atoms with Crippen LogP contribution in [0.2, 0.25) is 0 Å². The summed E-state index contributed by atoms with van der Waals surface area (Å²) < 4.78 is 14.2. The van der Waals surface area contributed by atoms with E-state index in [0.29, 0.717) is 29.8 Å². The molecule has 0 aliphatic carbocycles. The maximum atomic E-state index is 14.1. The number of ether oxygens (including phenoxy) is 2. The molecule has 2 heterocycles. The summed E-state index contributed by atoms with van der Waals surface area (Å²) >= 11 is 0. The van der Waals surface area contributed by atoms with Crippen LogP contribution in [0, 0.1) is 13.8 Å². The van der Waals surface area contributed by atoms with Crippen LogP contribution in [0.4, 0.5) is 27.9 Å². The lowest BCUT2D eigenvalue weighted by molar-refractivity contribution is 0.209. The summed E-state index contributed by atoms with van der Waals surface area (Å²) in [7, 11) is 4.02. The molecule has 9 nitrogen and oxygen atoms in total. The molecule has 234 valence electrons. The molecule has 0 radical (unpaired) electrons. The number of aryl methyl sites for hydroxylation is 3. The number of likely N-dealkylation sites (N-methyl/N-ethyl adjacent to an activating group) is 1. The summed E-state index contributed by atoms with van der Waals surface area (Å²) in [5.41, 5.74) is 5.39. The van der Waals surface area contributed by atoms with Crippen LogP contribution >= 0.6 is 0 Å². The highest BCUT2D eigenvalue weighted by atomic mass is 16.6. The molecule has 0 aliphatic heterocycles. The van der Waals surface area contributed by atoms with Crippen LogP contribution in [-0.4, -0.2) is 52.8 Å². The van der Waals surface area contributed by atoms with E-state index in [9.17, 15) is 4.79 Å². The van der Waals surface area contributed by atoms with Crippen molar-refractivity contribution in [2.75, 3.05) is 37.5 Å². The molecule has 1 N–H and O–H groups in total. The number of carbonyl (C=O) groups excluding carboxylic acids is 1. The standard InChI is InChI=1S/C37H38N6O3/c1-6-42-32-13-8-7-12-30(32)31-24-28(16-19-33(31)42)43(37(44)46-35-25(2)10-9-11-26(35)3)34-20-21-38-36(40-34)39-27-14-17-29(18-15-27)45-23-22-41(4)5/h7-21,24H,6,22-23H2,1-5H3,(H,38,39,40). The fourth-order valence-electron chi connectivity index (χ4n) is 5.59. The van der Waals surface area contributed by atoms with Crippen LogP contribution in [0.3, 0.4) is 0 Å². The zero-order valence-corrected chi connectivity index (χ0v) is 26.8. The number of rotatable bonds is 10. The van der Waals surface area contributed by atoms with Gasteiger partial charge in [0.1, 0.15) is 23.9 Å². The van der Waals surface area contributed by atoms with E-state index in [1.807, 2.05) is 94.7 Å². The van der Waals surface area contributed by atoms with E-state index in [0.717, 1.165) is 57.5 Å². The van der Waals surface area contributed by atoms with Crippen molar-refractivity contribution >= 4 is 51.0 Å². The van der Waals surface area contributed by atoms with Gasteiger partial charge < -0.3 is 24.3 Å². The molecule has 0 saturated carbocycles. The van der Waals surface area contributed by atoms with E-state index in [4.69, 9.17) is 14.5 Å². The van der Waals surface area contributed by atoms with Gasteiger partial charge >= 0.3 is 6.09 Å². The fraction of sp³-hybridized carbons (Fsp3) is 0.216. The lowest BCUT2D eigenvalue weighted by Crippen LogP contribution is -2.30. The number of nitrogens with one attached hydrogen (secondary N) is 1. The average Bonchev–Trinajstić information content (AvgIpc) is 3.37. The number of carbonyl (C=O) groups is 1. The predicted molar refractivity (Wildman–Crippen MR) is 185 cm³/mol. The Morgan fingerprint density at radius 3 is 2.35 bits per heavy atom. The highest BCUT2D eigenvalue weighted by Crippen LogP contribution is 2.35. The summed E-state index contributed by atoms with van der Waals surface area (Å²) in [6, 6.07) is 29.4. The zero-order valence-electron chi connectivity index (χ0n) is 26.8. The second-order valence-corrected chi connectivity index (χ2v) is 11.4. The molecule has 0 atom stereocenters. The quantitative estimate of drug-likeness (QED) is 0.166. The Balaban J connectivity index is 1.36. The maximum Gasteiger partial charge on any atom is 0.425 e. The first-order valence-electron chi connectivity index (χ1n) is 15.4. The molecule has 46 heavy (non-hydrogen) atoms. The molecule has 0 aliphatic rings. The average molecular weight is 615 g/mol. The van der Waals surface area contributed by atoms with Crippen LogP contribution in [0.1, 0.15) is 18.1 Å². The van der Waals surface area contributed by atoms with Crippen molar-refractivity contribution in [3.63, 3.8) is 0 Å². The van der Waals surface area contributed by atoms with Gasteiger partial charge in [-0.15, -0.1) is 0 Å². The molecular formula is C37H38N6O3. The third-order valence-corrected chi connectivity index (χ3v) is 7.90. The first-order chi connectivity index (χ1) is 22.3. The second kappa shape index (κ2) is 13.3. The number of hydrogen-bond acceptors (Lipinski definition) is 7. The third-order valence-electron chi connectivity index (χ3n) is 7.90. The lowest BCUT2D eigenvalue weighted by Gasteiger charge is -2.23. The Hall–Kier alpha value is -5.41. The minimum atomic E-state index is -0.570. The molecule has 0 fully saturated rings. The highest BCUT2D eigenvalue weighted by Gasteiger charge is 2.25. The van der Waals surface area contributed by atoms with E-state index >= 15 is 0 Å². The monoisotopic (exact) mass is 614 g/mol. The number of nitrogens with zero attached hydrogens (tertiary/aromatic N) is 5. The van der Waals surface area contributed by atoms with Gasteiger partial charge in [-0.1, -0.05) is 36.4 Å². The summed E-state index contributed by atoms with van der Waals surface area (Å²) in [5, 5.41) is 5.41. The van der Waals surface area contributed by atoms with Crippen LogP contribution < -0.4 is 19.7 Å². The van der Waals surface area contributed by atoms with Gasteiger partial charge in [0.15, 0.2) is 0 Å².